The minimum Gasteiger partial charge on any atom is -0.493 e. The van der Waals surface area contributed by atoms with E-state index in [4.69, 9.17) is 13.7 Å². The molecule has 10 nitrogen and oxygen atoms in total. The summed E-state index contributed by atoms with van der Waals surface area (Å²) in [5, 5.41) is 6.72. The van der Waals surface area contributed by atoms with Crippen LogP contribution in [0.3, 0.4) is 0 Å². The van der Waals surface area contributed by atoms with Crippen LogP contribution in [-0.2, 0) is 4.79 Å². The number of furan rings is 1. The van der Waals surface area contributed by atoms with Crippen molar-refractivity contribution >= 4 is 11.8 Å². The first-order valence-corrected chi connectivity index (χ1v) is 14.6. The summed E-state index contributed by atoms with van der Waals surface area (Å²) in [6, 6.07) is 7.29. The van der Waals surface area contributed by atoms with Crippen molar-refractivity contribution in [3.05, 3.63) is 54.1 Å². The number of nitrogens with zero attached hydrogens (tertiary/aromatic N) is 4. The molecule has 1 saturated carbocycles. The highest BCUT2D eigenvalue weighted by Gasteiger charge is 2.26. The van der Waals surface area contributed by atoms with Crippen LogP contribution in [0.25, 0.3) is 11.4 Å². The Hall–Kier alpha value is -3.73. The number of aromatic nitrogens is 2. The summed E-state index contributed by atoms with van der Waals surface area (Å²) in [6.07, 6.45) is 8.67. The number of carbonyl (C=O) groups excluding carboxylic acids is 2. The van der Waals surface area contributed by atoms with Crippen LogP contribution in [0.15, 0.2) is 45.5 Å². The van der Waals surface area contributed by atoms with Crippen LogP contribution < -0.4 is 10.1 Å². The molecule has 0 radical (unpaired) electrons. The second kappa shape index (κ2) is 13.8. The molecule has 0 unspecified atom stereocenters. The van der Waals surface area contributed by atoms with Crippen LogP contribution in [0, 0.1) is 5.82 Å². The predicted octanol–water partition coefficient (Wildman–Crippen LogP) is 4.64. The topological polar surface area (TPSA) is 114 Å². The molecular formula is C30H38FN5O5. The monoisotopic (exact) mass is 567 g/mol. The molecule has 0 bridgehead atoms. The molecule has 1 N–H and O–H groups in total. The molecule has 3 aromatic rings. The Morgan fingerprint density at radius 3 is 2.76 bits per heavy atom. The van der Waals surface area contributed by atoms with Crippen molar-refractivity contribution in [2.75, 3.05) is 39.3 Å². The summed E-state index contributed by atoms with van der Waals surface area (Å²) in [5.74, 6) is 0.845. The third kappa shape index (κ3) is 7.52. The fourth-order valence-corrected chi connectivity index (χ4v) is 5.53. The van der Waals surface area contributed by atoms with E-state index in [0.29, 0.717) is 36.9 Å². The molecule has 3 heterocycles. The minimum atomic E-state index is -0.640. The second-order valence-corrected chi connectivity index (χ2v) is 10.8. The SMILES string of the molecule is C[C@@H](NC(=O)c1ccco1)C(=O)N1CCCN(CCCOc2ccc(-c3noc(C4CCCCC4)n3)c(F)c2)CC1. The number of ether oxygens (including phenoxy) is 1. The number of carbonyl (C=O) groups is 2. The molecule has 0 spiro atoms. The van der Waals surface area contributed by atoms with Gasteiger partial charge in [0.05, 0.1) is 18.4 Å². The van der Waals surface area contributed by atoms with Crippen molar-refractivity contribution in [2.24, 2.45) is 0 Å². The largest absolute Gasteiger partial charge is 0.493 e. The second-order valence-electron chi connectivity index (χ2n) is 10.8. The molecular weight excluding hydrogens is 529 g/mol. The highest BCUT2D eigenvalue weighted by molar-refractivity contribution is 5.95. The minimum absolute atomic E-state index is 0.105. The number of hydrogen-bond donors (Lipinski definition) is 1. The highest BCUT2D eigenvalue weighted by atomic mass is 19.1. The average molecular weight is 568 g/mol. The number of nitrogens with one attached hydrogen (secondary N) is 1. The molecule has 1 aromatic carbocycles. The number of benzene rings is 1. The fourth-order valence-electron chi connectivity index (χ4n) is 5.53. The Labute approximate surface area is 239 Å². The lowest BCUT2D eigenvalue weighted by atomic mass is 9.89. The van der Waals surface area contributed by atoms with Gasteiger partial charge in [0.2, 0.25) is 17.6 Å². The molecule has 2 amide bonds. The van der Waals surface area contributed by atoms with E-state index in [-0.39, 0.29) is 23.4 Å². The van der Waals surface area contributed by atoms with E-state index in [9.17, 15) is 14.0 Å². The van der Waals surface area contributed by atoms with Crippen LogP contribution in [0.1, 0.15) is 74.2 Å². The van der Waals surface area contributed by atoms with Gasteiger partial charge in [-0.05, 0) is 63.4 Å². The zero-order valence-electron chi connectivity index (χ0n) is 23.5. The van der Waals surface area contributed by atoms with Gasteiger partial charge in [-0.3, -0.25) is 9.59 Å². The third-order valence-corrected chi connectivity index (χ3v) is 7.83. The van der Waals surface area contributed by atoms with Gasteiger partial charge in [-0.1, -0.05) is 24.4 Å². The lowest BCUT2D eigenvalue weighted by Crippen LogP contribution is -2.48. The zero-order valence-corrected chi connectivity index (χ0v) is 23.5. The van der Waals surface area contributed by atoms with Crippen LogP contribution in [0.4, 0.5) is 4.39 Å². The molecule has 5 rings (SSSR count). The van der Waals surface area contributed by atoms with Crippen LogP contribution in [-0.4, -0.2) is 77.1 Å². The molecule has 2 aliphatic rings. The highest BCUT2D eigenvalue weighted by Crippen LogP contribution is 2.33. The molecule has 41 heavy (non-hydrogen) atoms. The first kappa shape index (κ1) is 28.8. The van der Waals surface area contributed by atoms with Crippen molar-refractivity contribution in [1.82, 2.24) is 25.3 Å². The summed E-state index contributed by atoms with van der Waals surface area (Å²) in [4.78, 5) is 33.7. The van der Waals surface area contributed by atoms with Crippen LogP contribution in [0.2, 0.25) is 0 Å². The Morgan fingerprint density at radius 1 is 1.12 bits per heavy atom. The first-order chi connectivity index (χ1) is 20.0. The van der Waals surface area contributed by atoms with E-state index in [1.54, 1.807) is 36.1 Å². The normalized spacial score (nSPS) is 17.7. The molecule has 2 aromatic heterocycles. The van der Waals surface area contributed by atoms with Gasteiger partial charge in [0, 0.05) is 38.2 Å². The lowest BCUT2D eigenvalue weighted by Gasteiger charge is -2.25. The zero-order chi connectivity index (χ0) is 28.6. The lowest BCUT2D eigenvalue weighted by molar-refractivity contribution is -0.132. The maximum Gasteiger partial charge on any atom is 0.287 e. The van der Waals surface area contributed by atoms with Crippen molar-refractivity contribution < 1.29 is 27.7 Å². The van der Waals surface area contributed by atoms with Gasteiger partial charge in [0.15, 0.2) is 5.76 Å². The molecule has 11 heteroatoms. The van der Waals surface area contributed by atoms with Crippen LogP contribution >= 0.6 is 0 Å². The van der Waals surface area contributed by atoms with Crippen molar-refractivity contribution in [1.29, 1.82) is 0 Å². The van der Waals surface area contributed by atoms with E-state index < -0.39 is 17.8 Å². The van der Waals surface area contributed by atoms with Crippen molar-refractivity contribution in [3.8, 4) is 17.1 Å². The molecule has 1 aliphatic carbocycles. The standard InChI is InChI=1S/C30H38FN5O5/c1-21(32-28(37)26-10-5-18-40-26)30(38)36-15-6-13-35(16-17-36)14-7-19-39-23-11-12-24(25(31)20-23)27-33-29(41-34-27)22-8-3-2-4-9-22/h5,10-12,18,20-22H,2-4,6-9,13-17,19H2,1H3,(H,32,37)/t21-/m1/s1. The fraction of sp³-hybridized carbons (Fsp3) is 0.533. The Bertz CT molecular complexity index is 1290. The van der Waals surface area contributed by atoms with Gasteiger partial charge < -0.3 is 28.8 Å². The summed E-state index contributed by atoms with van der Waals surface area (Å²) in [6.45, 7) is 5.78. The van der Waals surface area contributed by atoms with Crippen molar-refractivity contribution in [2.45, 2.75) is 63.8 Å². The Balaban J connectivity index is 1.03. The Kier molecular flexibility index (Phi) is 9.66. The molecule has 1 aliphatic heterocycles. The van der Waals surface area contributed by atoms with Gasteiger partial charge >= 0.3 is 0 Å². The summed E-state index contributed by atoms with van der Waals surface area (Å²) >= 11 is 0. The quantitative estimate of drug-likeness (QED) is 0.353. The third-order valence-electron chi connectivity index (χ3n) is 7.83. The molecule has 2 fully saturated rings. The van der Waals surface area contributed by atoms with Gasteiger partial charge in [-0.2, -0.15) is 4.98 Å². The summed E-state index contributed by atoms with van der Waals surface area (Å²) < 4.78 is 31.2. The summed E-state index contributed by atoms with van der Waals surface area (Å²) in [7, 11) is 0. The van der Waals surface area contributed by atoms with E-state index >= 15 is 0 Å². The van der Waals surface area contributed by atoms with E-state index in [2.05, 4.69) is 20.4 Å². The number of halogens is 1. The summed E-state index contributed by atoms with van der Waals surface area (Å²) in [5.41, 5.74) is 0.307. The maximum absolute atomic E-state index is 14.9. The molecule has 1 atom stereocenters. The predicted molar refractivity (Wildman–Crippen MR) is 149 cm³/mol. The van der Waals surface area contributed by atoms with Gasteiger partial charge in [-0.15, -0.1) is 0 Å². The maximum atomic E-state index is 14.9. The Morgan fingerprint density at radius 2 is 1.98 bits per heavy atom. The first-order valence-electron chi connectivity index (χ1n) is 14.6. The van der Waals surface area contributed by atoms with Gasteiger partial charge in [0.25, 0.3) is 5.91 Å². The van der Waals surface area contributed by atoms with E-state index in [0.717, 1.165) is 58.2 Å². The van der Waals surface area contributed by atoms with E-state index in [1.165, 1.54) is 18.8 Å². The molecule has 1 saturated heterocycles. The van der Waals surface area contributed by atoms with E-state index in [1.807, 2.05) is 0 Å². The number of amides is 2. The van der Waals surface area contributed by atoms with Gasteiger partial charge in [0.1, 0.15) is 17.6 Å². The number of hydrogen-bond acceptors (Lipinski definition) is 8. The average Bonchev–Trinajstić information content (AvgIpc) is 3.65. The smallest absolute Gasteiger partial charge is 0.287 e. The molecule has 220 valence electrons. The van der Waals surface area contributed by atoms with Crippen LogP contribution in [0.5, 0.6) is 5.75 Å². The van der Waals surface area contributed by atoms with Gasteiger partial charge in [-0.25, -0.2) is 4.39 Å². The van der Waals surface area contributed by atoms with Crippen molar-refractivity contribution in [3.63, 3.8) is 0 Å². The number of rotatable bonds is 10.